The molecule has 0 radical (unpaired) electrons. The van der Waals surface area contributed by atoms with Crippen molar-refractivity contribution in [1.29, 1.82) is 0 Å². The van der Waals surface area contributed by atoms with E-state index in [2.05, 4.69) is 16.2 Å². The number of allylic oxidation sites excluding steroid dienone is 4. The van der Waals surface area contributed by atoms with Crippen molar-refractivity contribution >= 4 is 5.71 Å². The monoisotopic (exact) mass is 185 g/mol. The van der Waals surface area contributed by atoms with Crippen molar-refractivity contribution in [3.8, 4) is 0 Å². The predicted octanol–water partition coefficient (Wildman–Crippen LogP) is 1.61. The quantitative estimate of drug-likeness (QED) is 0.533. The molecule has 2 N–H and O–H groups in total. The number of rotatable bonds is 1. The first-order chi connectivity index (χ1) is 6.92. The summed E-state index contributed by atoms with van der Waals surface area (Å²) in [5, 5.41) is 3.76. The Bertz CT molecular complexity index is 390. The molecule has 1 atom stereocenters. The molecule has 1 aliphatic carbocycles. The van der Waals surface area contributed by atoms with Crippen LogP contribution in [-0.4, -0.2) is 10.7 Å². The van der Waals surface area contributed by atoms with E-state index in [-0.39, 0.29) is 5.92 Å². The van der Waals surface area contributed by atoms with E-state index < -0.39 is 0 Å². The van der Waals surface area contributed by atoms with Gasteiger partial charge in [-0.1, -0.05) is 24.3 Å². The Labute approximate surface area is 82.7 Å². The van der Waals surface area contributed by atoms with E-state index in [9.17, 15) is 0 Å². The third kappa shape index (κ3) is 1.57. The van der Waals surface area contributed by atoms with E-state index >= 15 is 0 Å². The SMILES string of the molecule is NN=C1C=CC=CC1c1cccnc1. The van der Waals surface area contributed by atoms with Crippen molar-refractivity contribution in [3.05, 3.63) is 54.4 Å². The summed E-state index contributed by atoms with van der Waals surface area (Å²) in [5.74, 6) is 5.45. The highest BCUT2D eigenvalue weighted by molar-refractivity contribution is 6.02. The van der Waals surface area contributed by atoms with Crippen LogP contribution in [0.4, 0.5) is 0 Å². The van der Waals surface area contributed by atoms with Crippen LogP contribution in [0.25, 0.3) is 0 Å². The standard InChI is InChI=1S/C11H11N3/c12-14-11-6-2-1-5-10(11)9-4-3-7-13-8-9/h1-8,10H,12H2. The highest BCUT2D eigenvalue weighted by Crippen LogP contribution is 2.21. The Morgan fingerprint density at radius 2 is 2.29 bits per heavy atom. The van der Waals surface area contributed by atoms with Crippen LogP contribution < -0.4 is 5.84 Å². The summed E-state index contributed by atoms with van der Waals surface area (Å²) in [6.45, 7) is 0. The van der Waals surface area contributed by atoms with Crippen molar-refractivity contribution in [2.45, 2.75) is 5.92 Å². The zero-order valence-corrected chi connectivity index (χ0v) is 7.67. The van der Waals surface area contributed by atoms with E-state index in [1.54, 1.807) is 6.20 Å². The number of hydrogen-bond acceptors (Lipinski definition) is 3. The van der Waals surface area contributed by atoms with Gasteiger partial charge in [0.2, 0.25) is 0 Å². The lowest BCUT2D eigenvalue weighted by Gasteiger charge is -2.14. The third-order valence-electron chi connectivity index (χ3n) is 2.19. The molecule has 0 bridgehead atoms. The summed E-state index contributed by atoms with van der Waals surface area (Å²) in [4.78, 5) is 4.07. The lowest BCUT2D eigenvalue weighted by Crippen LogP contribution is -2.12. The molecule has 0 aromatic carbocycles. The van der Waals surface area contributed by atoms with E-state index in [4.69, 9.17) is 5.84 Å². The first-order valence-corrected chi connectivity index (χ1v) is 4.44. The van der Waals surface area contributed by atoms with Gasteiger partial charge in [-0.3, -0.25) is 4.98 Å². The molecule has 0 saturated carbocycles. The third-order valence-corrected chi connectivity index (χ3v) is 2.19. The van der Waals surface area contributed by atoms with Crippen molar-refractivity contribution < 1.29 is 0 Å². The van der Waals surface area contributed by atoms with E-state index in [1.807, 2.05) is 36.6 Å². The first kappa shape index (κ1) is 8.69. The molecule has 2 rings (SSSR count). The maximum Gasteiger partial charge on any atom is 0.0713 e. The summed E-state index contributed by atoms with van der Waals surface area (Å²) in [6, 6.07) is 3.93. The Morgan fingerprint density at radius 1 is 1.36 bits per heavy atom. The number of hydrazone groups is 1. The van der Waals surface area contributed by atoms with Gasteiger partial charge in [0.05, 0.1) is 5.71 Å². The average molecular weight is 185 g/mol. The molecular weight excluding hydrogens is 174 g/mol. The minimum absolute atomic E-state index is 0.138. The maximum atomic E-state index is 5.31. The second kappa shape index (κ2) is 3.87. The van der Waals surface area contributed by atoms with Gasteiger partial charge in [0.25, 0.3) is 0 Å². The molecule has 1 unspecified atom stereocenters. The van der Waals surface area contributed by atoms with E-state index in [1.165, 1.54) is 0 Å². The molecular formula is C11H11N3. The normalized spacial score (nSPS) is 22.9. The fourth-order valence-electron chi connectivity index (χ4n) is 1.50. The molecule has 14 heavy (non-hydrogen) atoms. The number of aromatic nitrogens is 1. The maximum absolute atomic E-state index is 5.31. The molecule has 0 fully saturated rings. The summed E-state index contributed by atoms with van der Waals surface area (Å²) >= 11 is 0. The molecule has 70 valence electrons. The van der Waals surface area contributed by atoms with Gasteiger partial charge in [0.15, 0.2) is 0 Å². The topological polar surface area (TPSA) is 51.3 Å². The van der Waals surface area contributed by atoms with Crippen LogP contribution in [0.5, 0.6) is 0 Å². The second-order valence-corrected chi connectivity index (χ2v) is 3.06. The minimum Gasteiger partial charge on any atom is -0.323 e. The lowest BCUT2D eigenvalue weighted by atomic mass is 9.92. The second-order valence-electron chi connectivity index (χ2n) is 3.06. The molecule has 1 aliphatic rings. The Balaban J connectivity index is 2.35. The summed E-state index contributed by atoms with van der Waals surface area (Å²) in [6.07, 6.45) is 11.5. The lowest BCUT2D eigenvalue weighted by molar-refractivity contribution is 1.07. The summed E-state index contributed by atoms with van der Waals surface area (Å²) in [7, 11) is 0. The minimum atomic E-state index is 0.138. The van der Waals surface area contributed by atoms with Crippen LogP contribution in [0, 0.1) is 0 Å². The molecule has 0 saturated heterocycles. The van der Waals surface area contributed by atoms with Crippen molar-refractivity contribution in [2.75, 3.05) is 0 Å². The predicted molar refractivity (Wildman–Crippen MR) is 56.9 cm³/mol. The molecule has 0 amide bonds. The van der Waals surface area contributed by atoms with Gasteiger partial charge >= 0.3 is 0 Å². The highest BCUT2D eigenvalue weighted by Gasteiger charge is 2.14. The van der Waals surface area contributed by atoms with Gasteiger partial charge in [-0.15, -0.1) is 0 Å². The van der Waals surface area contributed by atoms with Crippen molar-refractivity contribution in [3.63, 3.8) is 0 Å². The highest BCUT2D eigenvalue weighted by atomic mass is 15.1. The van der Waals surface area contributed by atoms with E-state index in [0.717, 1.165) is 11.3 Å². The number of pyridine rings is 1. The number of nitrogens with zero attached hydrogens (tertiary/aromatic N) is 2. The van der Waals surface area contributed by atoms with Crippen LogP contribution >= 0.6 is 0 Å². The Hall–Kier alpha value is -1.90. The number of nitrogens with two attached hydrogens (primary N) is 1. The van der Waals surface area contributed by atoms with Gasteiger partial charge in [0.1, 0.15) is 0 Å². The van der Waals surface area contributed by atoms with Crippen LogP contribution in [0.1, 0.15) is 11.5 Å². The molecule has 1 aromatic rings. The van der Waals surface area contributed by atoms with Gasteiger partial charge in [0, 0.05) is 18.3 Å². The van der Waals surface area contributed by atoms with Gasteiger partial charge in [-0.25, -0.2) is 0 Å². The zero-order chi connectivity index (χ0) is 9.80. The van der Waals surface area contributed by atoms with Crippen molar-refractivity contribution in [2.24, 2.45) is 10.9 Å². The Kier molecular flexibility index (Phi) is 2.40. The molecule has 0 spiro atoms. The van der Waals surface area contributed by atoms with Gasteiger partial charge in [-0.2, -0.15) is 5.10 Å². The van der Waals surface area contributed by atoms with E-state index in [0.29, 0.717) is 0 Å². The van der Waals surface area contributed by atoms with Crippen LogP contribution in [0.2, 0.25) is 0 Å². The van der Waals surface area contributed by atoms with Crippen LogP contribution in [0.15, 0.2) is 53.9 Å². The van der Waals surface area contributed by atoms with Crippen LogP contribution in [-0.2, 0) is 0 Å². The molecule has 3 nitrogen and oxygen atoms in total. The molecule has 1 heterocycles. The van der Waals surface area contributed by atoms with Gasteiger partial charge < -0.3 is 5.84 Å². The van der Waals surface area contributed by atoms with Gasteiger partial charge in [-0.05, 0) is 17.7 Å². The molecule has 1 aromatic heterocycles. The summed E-state index contributed by atoms with van der Waals surface area (Å²) in [5.41, 5.74) is 1.97. The molecule has 3 heteroatoms. The first-order valence-electron chi connectivity index (χ1n) is 4.44. The summed E-state index contributed by atoms with van der Waals surface area (Å²) < 4.78 is 0. The fraction of sp³-hybridized carbons (Fsp3) is 0.0909. The molecule has 0 aliphatic heterocycles. The Morgan fingerprint density at radius 3 is 3.00 bits per heavy atom. The number of hydrogen-bond donors (Lipinski definition) is 1. The zero-order valence-electron chi connectivity index (χ0n) is 7.67. The van der Waals surface area contributed by atoms with Crippen molar-refractivity contribution in [1.82, 2.24) is 4.98 Å². The largest absolute Gasteiger partial charge is 0.323 e. The fourth-order valence-corrected chi connectivity index (χ4v) is 1.50. The smallest absolute Gasteiger partial charge is 0.0713 e. The average Bonchev–Trinajstić information content (AvgIpc) is 2.30. The van der Waals surface area contributed by atoms with Crippen LogP contribution in [0.3, 0.4) is 0 Å².